The van der Waals surface area contributed by atoms with Crippen molar-refractivity contribution in [3.05, 3.63) is 0 Å². The number of piperidine rings is 1. The molecule has 2 aliphatic rings. The summed E-state index contributed by atoms with van der Waals surface area (Å²) in [5.74, 6) is -0.475. The fourth-order valence-corrected chi connectivity index (χ4v) is 2.49. The largest absolute Gasteiger partial charge is 0.481 e. The molecule has 0 aromatic heterocycles. The van der Waals surface area contributed by atoms with Gasteiger partial charge in [0.25, 0.3) is 0 Å². The Morgan fingerprint density at radius 1 is 1.26 bits per heavy atom. The molecular formula is C14H23NO4. The lowest BCUT2D eigenvalue weighted by Gasteiger charge is -2.36. The van der Waals surface area contributed by atoms with E-state index in [4.69, 9.17) is 9.84 Å². The minimum absolute atomic E-state index is 0.0225. The summed E-state index contributed by atoms with van der Waals surface area (Å²) in [6.45, 7) is 3.55. The molecule has 2 unspecified atom stereocenters. The Labute approximate surface area is 113 Å². The van der Waals surface area contributed by atoms with Crippen molar-refractivity contribution in [1.82, 2.24) is 4.90 Å². The molecule has 1 heterocycles. The lowest BCUT2D eigenvalue weighted by molar-refractivity contribution is -0.147. The topological polar surface area (TPSA) is 66.8 Å². The van der Waals surface area contributed by atoms with Crippen LogP contribution in [0.3, 0.4) is 0 Å². The van der Waals surface area contributed by atoms with Crippen molar-refractivity contribution in [1.29, 1.82) is 0 Å². The molecule has 1 saturated heterocycles. The number of hydrogen-bond acceptors (Lipinski definition) is 3. The van der Waals surface area contributed by atoms with Crippen LogP contribution in [0, 0.1) is 11.8 Å². The zero-order valence-electron chi connectivity index (χ0n) is 11.5. The molecule has 1 amide bonds. The second-order valence-electron chi connectivity index (χ2n) is 5.78. The third-order valence-corrected chi connectivity index (χ3v) is 4.06. The summed E-state index contributed by atoms with van der Waals surface area (Å²) >= 11 is 0. The molecule has 108 valence electrons. The second kappa shape index (κ2) is 6.37. The van der Waals surface area contributed by atoms with E-state index in [1.807, 2.05) is 6.92 Å². The standard InChI is InChI=1S/C14H23NO4/c1-10-2-5-12(14(17)18)8-15(10)13(16)6-7-19-9-11-3-4-11/h10-12H,2-9H2,1H3,(H,17,18). The number of hydrogen-bond donors (Lipinski definition) is 1. The van der Waals surface area contributed by atoms with Gasteiger partial charge in [-0.3, -0.25) is 9.59 Å². The molecular weight excluding hydrogens is 246 g/mol. The SMILES string of the molecule is CC1CCC(C(=O)O)CN1C(=O)CCOCC1CC1. The van der Waals surface area contributed by atoms with Crippen LogP contribution in [0.5, 0.6) is 0 Å². The van der Waals surface area contributed by atoms with Crippen LogP contribution < -0.4 is 0 Å². The van der Waals surface area contributed by atoms with E-state index >= 15 is 0 Å². The van der Waals surface area contributed by atoms with Crippen LogP contribution in [0.4, 0.5) is 0 Å². The number of carbonyl (C=O) groups excluding carboxylic acids is 1. The smallest absolute Gasteiger partial charge is 0.308 e. The van der Waals surface area contributed by atoms with Crippen LogP contribution in [0.1, 0.15) is 39.0 Å². The number of ether oxygens (including phenoxy) is 1. The fourth-order valence-electron chi connectivity index (χ4n) is 2.49. The molecule has 0 radical (unpaired) electrons. The maximum absolute atomic E-state index is 12.1. The third kappa shape index (κ3) is 4.20. The molecule has 0 aromatic rings. The predicted molar refractivity (Wildman–Crippen MR) is 69.7 cm³/mol. The molecule has 0 bridgehead atoms. The maximum Gasteiger partial charge on any atom is 0.308 e. The first-order chi connectivity index (χ1) is 9.08. The number of amides is 1. The number of rotatable bonds is 6. The number of likely N-dealkylation sites (tertiary alicyclic amines) is 1. The van der Waals surface area contributed by atoms with Gasteiger partial charge in [-0.05, 0) is 38.5 Å². The van der Waals surface area contributed by atoms with Gasteiger partial charge in [0.05, 0.1) is 18.9 Å². The van der Waals surface area contributed by atoms with Gasteiger partial charge >= 0.3 is 5.97 Å². The summed E-state index contributed by atoms with van der Waals surface area (Å²) in [5, 5.41) is 9.04. The second-order valence-corrected chi connectivity index (χ2v) is 5.78. The van der Waals surface area contributed by atoms with Crippen molar-refractivity contribution < 1.29 is 19.4 Å². The summed E-state index contributed by atoms with van der Waals surface area (Å²) in [4.78, 5) is 24.8. The highest BCUT2D eigenvalue weighted by Gasteiger charge is 2.32. The van der Waals surface area contributed by atoms with Crippen LogP contribution in [0.15, 0.2) is 0 Å². The Morgan fingerprint density at radius 2 is 2.00 bits per heavy atom. The van der Waals surface area contributed by atoms with Crippen LogP contribution in [0.25, 0.3) is 0 Å². The predicted octanol–water partition coefficient (Wildman–Crippen LogP) is 1.51. The average molecular weight is 269 g/mol. The number of carboxylic acid groups (broad SMARTS) is 1. The van der Waals surface area contributed by atoms with Crippen molar-refractivity contribution in [2.24, 2.45) is 11.8 Å². The molecule has 5 nitrogen and oxygen atoms in total. The van der Waals surface area contributed by atoms with E-state index in [9.17, 15) is 9.59 Å². The van der Waals surface area contributed by atoms with Gasteiger partial charge in [0.1, 0.15) is 0 Å². The molecule has 5 heteroatoms. The Morgan fingerprint density at radius 3 is 2.63 bits per heavy atom. The maximum atomic E-state index is 12.1. The molecule has 1 aliphatic heterocycles. The van der Waals surface area contributed by atoms with Gasteiger partial charge in [-0.15, -0.1) is 0 Å². The lowest BCUT2D eigenvalue weighted by Crippen LogP contribution is -2.47. The van der Waals surface area contributed by atoms with Crippen molar-refractivity contribution in [2.45, 2.75) is 45.1 Å². The Kier molecular flexibility index (Phi) is 4.80. The molecule has 2 atom stereocenters. The van der Waals surface area contributed by atoms with Crippen LogP contribution in [-0.2, 0) is 14.3 Å². The van der Waals surface area contributed by atoms with E-state index in [0.29, 0.717) is 31.9 Å². The zero-order valence-corrected chi connectivity index (χ0v) is 11.5. The molecule has 2 rings (SSSR count). The number of nitrogens with zero attached hydrogens (tertiary/aromatic N) is 1. The molecule has 19 heavy (non-hydrogen) atoms. The van der Waals surface area contributed by atoms with E-state index in [1.54, 1.807) is 4.90 Å². The number of aliphatic carboxylic acids is 1. The van der Waals surface area contributed by atoms with Crippen LogP contribution in [0.2, 0.25) is 0 Å². The van der Waals surface area contributed by atoms with E-state index in [2.05, 4.69) is 0 Å². The van der Waals surface area contributed by atoms with Crippen molar-refractivity contribution in [3.8, 4) is 0 Å². The summed E-state index contributed by atoms with van der Waals surface area (Å²) in [5.41, 5.74) is 0. The average Bonchev–Trinajstić information content (AvgIpc) is 3.18. The highest BCUT2D eigenvalue weighted by molar-refractivity contribution is 5.78. The molecule has 1 aliphatic carbocycles. The van der Waals surface area contributed by atoms with Gasteiger partial charge in [-0.2, -0.15) is 0 Å². The fraction of sp³-hybridized carbons (Fsp3) is 0.857. The van der Waals surface area contributed by atoms with Gasteiger partial charge in [-0.25, -0.2) is 0 Å². The Bertz CT molecular complexity index is 340. The van der Waals surface area contributed by atoms with Gasteiger partial charge in [0, 0.05) is 19.2 Å². The van der Waals surface area contributed by atoms with Crippen molar-refractivity contribution >= 4 is 11.9 Å². The first kappa shape index (κ1) is 14.3. The van der Waals surface area contributed by atoms with Gasteiger partial charge < -0.3 is 14.7 Å². The summed E-state index contributed by atoms with van der Waals surface area (Å²) in [6.07, 6.45) is 4.29. The zero-order chi connectivity index (χ0) is 13.8. The van der Waals surface area contributed by atoms with Gasteiger partial charge in [-0.1, -0.05) is 0 Å². The number of carbonyl (C=O) groups is 2. The minimum Gasteiger partial charge on any atom is -0.481 e. The normalized spacial score (nSPS) is 27.3. The first-order valence-electron chi connectivity index (χ1n) is 7.18. The quantitative estimate of drug-likeness (QED) is 0.742. The highest BCUT2D eigenvalue weighted by atomic mass is 16.5. The van der Waals surface area contributed by atoms with E-state index in [0.717, 1.165) is 13.0 Å². The molecule has 0 aromatic carbocycles. The monoisotopic (exact) mass is 269 g/mol. The number of carboxylic acids is 1. The highest BCUT2D eigenvalue weighted by Crippen LogP contribution is 2.28. The summed E-state index contributed by atoms with van der Waals surface area (Å²) < 4.78 is 5.46. The van der Waals surface area contributed by atoms with Crippen molar-refractivity contribution in [2.75, 3.05) is 19.8 Å². The van der Waals surface area contributed by atoms with E-state index in [-0.39, 0.29) is 11.9 Å². The van der Waals surface area contributed by atoms with E-state index < -0.39 is 11.9 Å². The van der Waals surface area contributed by atoms with E-state index in [1.165, 1.54) is 12.8 Å². The molecule has 1 N–H and O–H groups in total. The molecule has 0 spiro atoms. The minimum atomic E-state index is -0.797. The Balaban J connectivity index is 1.73. The third-order valence-electron chi connectivity index (χ3n) is 4.06. The van der Waals surface area contributed by atoms with Gasteiger partial charge in [0.2, 0.25) is 5.91 Å². The lowest BCUT2D eigenvalue weighted by atomic mass is 9.93. The van der Waals surface area contributed by atoms with Crippen molar-refractivity contribution in [3.63, 3.8) is 0 Å². The molecule has 2 fully saturated rings. The van der Waals surface area contributed by atoms with Crippen LogP contribution >= 0.6 is 0 Å². The first-order valence-corrected chi connectivity index (χ1v) is 7.18. The summed E-state index contributed by atoms with van der Waals surface area (Å²) in [7, 11) is 0. The molecule has 1 saturated carbocycles. The summed E-state index contributed by atoms with van der Waals surface area (Å²) in [6, 6.07) is 0.145. The van der Waals surface area contributed by atoms with Crippen LogP contribution in [-0.4, -0.2) is 47.7 Å². The van der Waals surface area contributed by atoms with Gasteiger partial charge in [0.15, 0.2) is 0 Å². The Hall–Kier alpha value is -1.10.